The molecule has 0 saturated carbocycles. The van der Waals surface area contributed by atoms with Crippen LogP contribution in [-0.4, -0.2) is 4.92 Å². The Labute approximate surface area is 125 Å². The molecule has 1 heterocycles. The average molecular weight is 293 g/mol. The Morgan fingerprint density at radius 3 is 2.50 bits per heavy atom. The van der Waals surface area contributed by atoms with Crippen LogP contribution in [0.25, 0.3) is 28.4 Å². The van der Waals surface area contributed by atoms with Crippen LogP contribution in [0.15, 0.2) is 64.3 Å². The summed E-state index contributed by atoms with van der Waals surface area (Å²) < 4.78 is 5.77. The summed E-state index contributed by atoms with van der Waals surface area (Å²) in [6.45, 7) is 3.63. The van der Waals surface area contributed by atoms with Gasteiger partial charge in [0.2, 0.25) is 5.43 Å². The first-order chi connectivity index (χ1) is 10.6. The van der Waals surface area contributed by atoms with Crippen molar-refractivity contribution in [2.75, 3.05) is 0 Å². The maximum atomic E-state index is 12.5. The van der Waals surface area contributed by atoms with Crippen LogP contribution in [0.1, 0.15) is 5.56 Å². The van der Waals surface area contributed by atoms with Crippen LogP contribution in [0, 0.1) is 10.1 Å². The molecule has 0 saturated heterocycles. The highest BCUT2D eigenvalue weighted by atomic mass is 16.6. The Morgan fingerprint density at radius 1 is 1.09 bits per heavy atom. The maximum Gasteiger partial charge on any atom is 0.280 e. The van der Waals surface area contributed by atoms with Crippen molar-refractivity contribution in [3.63, 3.8) is 0 Å². The molecule has 3 aromatic rings. The zero-order valence-corrected chi connectivity index (χ0v) is 11.5. The topological polar surface area (TPSA) is 73.3 Å². The summed E-state index contributed by atoms with van der Waals surface area (Å²) in [6, 6.07) is 12.9. The van der Waals surface area contributed by atoms with Gasteiger partial charge in [-0.05, 0) is 18.2 Å². The Bertz CT molecular complexity index is 956. The number of nitrogens with zero attached hydrogens (tertiary/aromatic N) is 1. The van der Waals surface area contributed by atoms with Gasteiger partial charge in [0.15, 0.2) is 5.76 Å². The van der Waals surface area contributed by atoms with E-state index in [2.05, 4.69) is 6.58 Å². The lowest BCUT2D eigenvalue weighted by Gasteiger charge is -2.07. The highest BCUT2D eigenvalue weighted by Gasteiger charge is 2.21. The lowest BCUT2D eigenvalue weighted by Crippen LogP contribution is -2.07. The maximum absolute atomic E-state index is 12.5. The van der Waals surface area contributed by atoms with Gasteiger partial charge in [0.1, 0.15) is 5.58 Å². The molecule has 0 spiro atoms. The van der Waals surface area contributed by atoms with E-state index < -0.39 is 4.92 Å². The largest absolute Gasteiger partial charge is 0.455 e. The number of para-hydroxylation sites is 2. The second-order valence-electron chi connectivity index (χ2n) is 4.65. The summed E-state index contributed by atoms with van der Waals surface area (Å²) in [4.78, 5) is 23.2. The second kappa shape index (κ2) is 5.29. The van der Waals surface area contributed by atoms with Crippen molar-refractivity contribution < 1.29 is 9.34 Å². The number of nitro groups is 1. The zero-order chi connectivity index (χ0) is 15.7. The molecule has 0 aliphatic rings. The van der Waals surface area contributed by atoms with Crippen LogP contribution in [0.3, 0.4) is 0 Å². The first kappa shape index (κ1) is 13.8. The summed E-state index contributed by atoms with van der Waals surface area (Å²) >= 11 is 0. The second-order valence-corrected chi connectivity index (χ2v) is 4.65. The van der Waals surface area contributed by atoms with Gasteiger partial charge in [-0.1, -0.05) is 36.9 Å². The van der Waals surface area contributed by atoms with E-state index in [1.807, 2.05) is 0 Å². The molecule has 0 atom stereocenters. The fourth-order valence-corrected chi connectivity index (χ4v) is 2.37. The molecule has 0 fully saturated rings. The molecule has 0 amide bonds. The molecule has 5 heteroatoms. The number of rotatable bonds is 3. The number of hydrogen-bond donors (Lipinski definition) is 0. The first-order valence-electron chi connectivity index (χ1n) is 6.55. The van der Waals surface area contributed by atoms with Crippen molar-refractivity contribution in [1.29, 1.82) is 0 Å². The molecule has 1 aromatic heterocycles. The molecule has 2 aromatic carbocycles. The molecule has 0 bridgehead atoms. The highest BCUT2D eigenvalue weighted by Crippen LogP contribution is 2.33. The van der Waals surface area contributed by atoms with Crippen molar-refractivity contribution in [3.8, 4) is 11.3 Å². The van der Waals surface area contributed by atoms with Crippen LogP contribution in [-0.2, 0) is 0 Å². The van der Waals surface area contributed by atoms with Crippen LogP contribution < -0.4 is 5.43 Å². The molecule has 108 valence electrons. The third-order valence-corrected chi connectivity index (χ3v) is 3.38. The third kappa shape index (κ3) is 2.09. The molecular weight excluding hydrogens is 282 g/mol. The Kier molecular flexibility index (Phi) is 3.31. The van der Waals surface area contributed by atoms with Gasteiger partial charge in [-0.2, -0.15) is 0 Å². The minimum absolute atomic E-state index is 0.121. The van der Waals surface area contributed by atoms with E-state index in [4.69, 9.17) is 4.42 Å². The molecule has 0 aliphatic carbocycles. The molecule has 0 N–H and O–H groups in total. The number of hydrogen-bond acceptors (Lipinski definition) is 4. The zero-order valence-electron chi connectivity index (χ0n) is 11.5. The number of benzene rings is 2. The number of nitro benzene ring substituents is 1. The smallest absolute Gasteiger partial charge is 0.280 e. The first-order valence-corrected chi connectivity index (χ1v) is 6.55. The van der Waals surface area contributed by atoms with Gasteiger partial charge < -0.3 is 4.42 Å². The molecule has 5 nitrogen and oxygen atoms in total. The molecule has 22 heavy (non-hydrogen) atoms. The van der Waals surface area contributed by atoms with Crippen LogP contribution in [0.5, 0.6) is 0 Å². The predicted molar refractivity (Wildman–Crippen MR) is 84.7 cm³/mol. The number of fused-ring (bicyclic) bond motifs is 1. The monoisotopic (exact) mass is 293 g/mol. The standard InChI is InChI=1S/C17H11NO4/c1-2-11-16(19)13-8-4-6-10-15(13)22-17(11)12-7-3-5-9-14(12)18(20)21/h2-10H,1H2. The Morgan fingerprint density at radius 2 is 1.77 bits per heavy atom. The van der Waals surface area contributed by atoms with Crippen LogP contribution >= 0.6 is 0 Å². The van der Waals surface area contributed by atoms with E-state index in [-0.39, 0.29) is 28.0 Å². The average Bonchev–Trinajstić information content (AvgIpc) is 2.54. The van der Waals surface area contributed by atoms with Crippen LogP contribution in [0.2, 0.25) is 0 Å². The van der Waals surface area contributed by atoms with Crippen molar-refractivity contribution in [2.24, 2.45) is 0 Å². The van der Waals surface area contributed by atoms with Gasteiger partial charge in [0.05, 0.1) is 21.4 Å². The van der Waals surface area contributed by atoms with Crippen molar-refractivity contribution in [2.45, 2.75) is 0 Å². The normalized spacial score (nSPS) is 10.5. The third-order valence-electron chi connectivity index (χ3n) is 3.38. The van der Waals surface area contributed by atoms with Gasteiger partial charge >= 0.3 is 0 Å². The minimum atomic E-state index is -0.503. The molecular formula is C17H11NO4. The Balaban J connectivity index is 2.44. The van der Waals surface area contributed by atoms with Crippen LogP contribution in [0.4, 0.5) is 5.69 Å². The summed E-state index contributed by atoms with van der Waals surface area (Å²) in [5, 5.41) is 11.6. The SMILES string of the molecule is C=Cc1c(-c2ccccc2[N+](=O)[O-])oc2ccccc2c1=O. The summed E-state index contributed by atoms with van der Waals surface area (Å²) in [5.74, 6) is 0.158. The van der Waals surface area contributed by atoms with E-state index in [9.17, 15) is 14.9 Å². The van der Waals surface area contributed by atoms with E-state index in [0.29, 0.717) is 11.0 Å². The minimum Gasteiger partial charge on any atom is -0.455 e. The summed E-state index contributed by atoms with van der Waals surface area (Å²) in [6.07, 6.45) is 1.37. The highest BCUT2D eigenvalue weighted by molar-refractivity contribution is 5.85. The van der Waals surface area contributed by atoms with E-state index in [0.717, 1.165) is 0 Å². The fourth-order valence-electron chi connectivity index (χ4n) is 2.37. The summed E-state index contributed by atoms with van der Waals surface area (Å²) in [5.41, 5.74) is 0.471. The molecule has 3 rings (SSSR count). The van der Waals surface area contributed by atoms with Crippen molar-refractivity contribution >= 4 is 22.7 Å². The molecule has 0 radical (unpaired) electrons. The van der Waals surface area contributed by atoms with E-state index >= 15 is 0 Å². The van der Waals surface area contributed by atoms with E-state index in [1.54, 1.807) is 42.5 Å². The van der Waals surface area contributed by atoms with Crippen molar-refractivity contribution in [1.82, 2.24) is 0 Å². The summed E-state index contributed by atoms with van der Waals surface area (Å²) in [7, 11) is 0. The fraction of sp³-hybridized carbons (Fsp3) is 0. The lowest BCUT2D eigenvalue weighted by atomic mass is 10.0. The van der Waals surface area contributed by atoms with Gasteiger partial charge in [0, 0.05) is 6.07 Å². The molecule has 0 unspecified atom stereocenters. The van der Waals surface area contributed by atoms with E-state index in [1.165, 1.54) is 12.1 Å². The Hall–Kier alpha value is -3.21. The van der Waals surface area contributed by atoms with Gasteiger partial charge in [-0.25, -0.2) is 0 Å². The van der Waals surface area contributed by atoms with Gasteiger partial charge in [-0.15, -0.1) is 0 Å². The van der Waals surface area contributed by atoms with Gasteiger partial charge in [0.25, 0.3) is 5.69 Å². The quantitative estimate of drug-likeness (QED) is 0.540. The lowest BCUT2D eigenvalue weighted by molar-refractivity contribution is -0.384. The molecule has 0 aliphatic heterocycles. The predicted octanol–water partition coefficient (Wildman–Crippen LogP) is 4.01. The van der Waals surface area contributed by atoms with Crippen molar-refractivity contribution in [3.05, 3.63) is 81.0 Å². The van der Waals surface area contributed by atoms with Gasteiger partial charge in [-0.3, -0.25) is 14.9 Å².